The quantitative estimate of drug-likeness (QED) is 0.570. The molecule has 1 saturated heterocycles. The minimum Gasteiger partial charge on any atom is -0.497 e. The third-order valence-corrected chi connectivity index (χ3v) is 8.25. The van der Waals surface area contributed by atoms with Gasteiger partial charge in [0.05, 0.1) is 18.0 Å². The van der Waals surface area contributed by atoms with Crippen molar-refractivity contribution in [3.8, 4) is 16.2 Å². The summed E-state index contributed by atoms with van der Waals surface area (Å²) in [7, 11) is -0.968. The summed E-state index contributed by atoms with van der Waals surface area (Å²) in [5, 5.41) is 3.26. The SMILES string of the molecule is COc1ccc(-c2cnc([C@H]3C[C@@H](C(=O)Nc4ccc(F)c(C)c4)N(C)S(=O)(=O)N3)s2)cc1. The van der Waals surface area contributed by atoms with Crippen LogP contribution in [0.1, 0.15) is 23.0 Å². The fourth-order valence-corrected chi connectivity index (χ4v) is 5.87. The van der Waals surface area contributed by atoms with E-state index in [4.69, 9.17) is 4.74 Å². The zero-order valence-electron chi connectivity index (χ0n) is 18.2. The number of benzene rings is 2. The molecule has 1 aliphatic heterocycles. The number of carbonyl (C=O) groups is 1. The molecule has 0 saturated carbocycles. The average molecular weight is 491 g/mol. The summed E-state index contributed by atoms with van der Waals surface area (Å²) >= 11 is 1.36. The standard InChI is InChI=1S/C22H23FN4O4S2/c1-13-10-15(6-9-17(13)23)25-21(28)19-11-18(26-33(29,30)27(19)2)22-24-12-20(32-22)14-4-7-16(31-3)8-5-14/h4-10,12,18-19,26H,11H2,1-3H3,(H,25,28)/t18-,19+/m1/s1. The van der Waals surface area contributed by atoms with Crippen molar-refractivity contribution < 1.29 is 22.3 Å². The number of thiazole rings is 1. The second kappa shape index (κ2) is 9.18. The van der Waals surface area contributed by atoms with Gasteiger partial charge in [0.25, 0.3) is 10.2 Å². The van der Waals surface area contributed by atoms with E-state index in [1.165, 1.54) is 36.6 Å². The van der Waals surface area contributed by atoms with E-state index < -0.39 is 28.2 Å². The normalized spacial score (nSPS) is 20.4. The summed E-state index contributed by atoms with van der Waals surface area (Å²) in [6, 6.07) is 10.1. The van der Waals surface area contributed by atoms with E-state index in [2.05, 4.69) is 15.0 Å². The van der Waals surface area contributed by atoms with Crippen LogP contribution in [0.25, 0.3) is 10.4 Å². The van der Waals surface area contributed by atoms with Crippen LogP contribution >= 0.6 is 11.3 Å². The lowest BCUT2D eigenvalue weighted by Gasteiger charge is -2.35. The Morgan fingerprint density at radius 3 is 2.67 bits per heavy atom. The highest BCUT2D eigenvalue weighted by Gasteiger charge is 2.41. The molecule has 1 fully saturated rings. The number of nitrogens with one attached hydrogen (secondary N) is 2. The number of hydrogen-bond donors (Lipinski definition) is 2. The number of aromatic nitrogens is 1. The van der Waals surface area contributed by atoms with Crippen molar-refractivity contribution in [3.63, 3.8) is 0 Å². The molecule has 0 spiro atoms. The Morgan fingerprint density at radius 2 is 2.00 bits per heavy atom. The molecule has 11 heteroatoms. The van der Waals surface area contributed by atoms with Crippen molar-refractivity contribution in [3.05, 3.63) is 65.0 Å². The van der Waals surface area contributed by atoms with Gasteiger partial charge in [0.2, 0.25) is 5.91 Å². The number of hydrogen-bond acceptors (Lipinski definition) is 6. The Morgan fingerprint density at radius 1 is 1.27 bits per heavy atom. The molecule has 2 atom stereocenters. The molecule has 1 aliphatic rings. The molecule has 2 heterocycles. The molecule has 2 N–H and O–H groups in total. The first-order chi connectivity index (χ1) is 15.7. The first-order valence-corrected chi connectivity index (χ1v) is 12.4. The summed E-state index contributed by atoms with van der Waals surface area (Å²) < 4.78 is 47.8. The van der Waals surface area contributed by atoms with Crippen LogP contribution in [0.5, 0.6) is 5.75 Å². The third-order valence-electron chi connectivity index (χ3n) is 5.49. The summed E-state index contributed by atoms with van der Waals surface area (Å²) in [6.45, 7) is 1.59. The molecule has 1 amide bonds. The van der Waals surface area contributed by atoms with Gasteiger partial charge in [0.15, 0.2) is 0 Å². The molecular weight excluding hydrogens is 467 g/mol. The Labute approximate surface area is 195 Å². The van der Waals surface area contributed by atoms with E-state index in [-0.39, 0.29) is 12.2 Å². The van der Waals surface area contributed by atoms with Crippen molar-refractivity contribution >= 4 is 33.1 Å². The minimum atomic E-state index is -3.91. The van der Waals surface area contributed by atoms with Crippen LogP contribution in [-0.4, -0.2) is 43.8 Å². The van der Waals surface area contributed by atoms with E-state index in [0.717, 1.165) is 20.5 Å². The summed E-state index contributed by atoms with van der Waals surface area (Å²) in [4.78, 5) is 18.2. The third kappa shape index (κ3) is 4.91. The van der Waals surface area contributed by atoms with Gasteiger partial charge in [-0.05, 0) is 66.9 Å². The van der Waals surface area contributed by atoms with Crippen LogP contribution in [0, 0.1) is 12.7 Å². The largest absolute Gasteiger partial charge is 0.497 e. The van der Waals surface area contributed by atoms with Crippen LogP contribution in [-0.2, 0) is 15.0 Å². The highest BCUT2D eigenvalue weighted by Crippen LogP contribution is 2.35. The van der Waals surface area contributed by atoms with Crippen LogP contribution in [0.3, 0.4) is 0 Å². The molecule has 174 valence electrons. The summed E-state index contributed by atoms with van der Waals surface area (Å²) in [6.07, 6.45) is 1.88. The topological polar surface area (TPSA) is 101 Å². The van der Waals surface area contributed by atoms with Gasteiger partial charge < -0.3 is 10.1 Å². The van der Waals surface area contributed by atoms with E-state index in [0.29, 0.717) is 16.3 Å². The van der Waals surface area contributed by atoms with E-state index >= 15 is 0 Å². The Kier molecular flexibility index (Phi) is 6.48. The van der Waals surface area contributed by atoms with Crippen molar-refractivity contribution in [1.82, 2.24) is 14.0 Å². The average Bonchev–Trinajstić information content (AvgIpc) is 3.28. The van der Waals surface area contributed by atoms with Crippen LogP contribution in [0.4, 0.5) is 10.1 Å². The second-order valence-electron chi connectivity index (χ2n) is 7.69. The Hall–Kier alpha value is -2.86. The van der Waals surface area contributed by atoms with E-state index in [1.54, 1.807) is 20.2 Å². The predicted molar refractivity (Wildman–Crippen MR) is 125 cm³/mol. The number of amides is 1. The maximum absolute atomic E-state index is 13.5. The molecule has 1 aromatic heterocycles. The fraction of sp³-hybridized carbons (Fsp3) is 0.273. The number of halogens is 1. The number of aryl methyl sites for hydroxylation is 1. The molecule has 33 heavy (non-hydrogen) atoms. The molecule has 0 radical (unpaired) electrons. The lowest BCUT2D eigenvalue weighted by Crippen LogP contribution is -2.55. The molecule has 2 aromatic carbocycles. The number of methoxy groups -OCH3 is 1. The molecule has 8 nitrogen and oxygen atoms in total. The van der Waals surface area contributed by atoms with Gasteiger partial charge in [0.1, 0.15) is 22.6 Å². The van der Waals surface area contributed by atoms with Crippen LogP contribution < -0.4 is 14.8 Å². The fourth-order valence-electron chi connectivity index (χ4n) is 3.56. The van der Waals surface area contributed by atoms with Gasteiger partial charge in [-0.3, -0.25) is 4.79 Å². The van der Waals surface area contributed by atoms with Crippen molar-refractivity contribution in [1.29, 1.82) is 0 Å². The molecule has 3 aromatic rings. The number of likely N-dealkylation sites (N-methyl/N-ethyl adjacent to an activating group) is 1. The molecule has 4 rings (SSSR count). The summed E-state index contributed by atoms with van der Waals surface area (Å²) in [5.74, 6) is -0.145. The van der Waals surface area contributed by atoms with Gasteiger partial charge in [-0.2, -0.15) is 17.4 Å². The molecule has 0 bridgehead atoms. The van der Waals surface area contributed by atoms with Crippen LogP contribution in [0.15, 0.2) is 48.7 Å². The first-order valence-electron chi connectivity index (χ1n) is 10.1. The molecule has 0 aliphatic carbocycles. The Bertz CT molecular complexity index is 1280. The van der Waals surface area contributed by atoms with E-state index in [1.807, 2.05) is 24.3 Å². The van der Waals surface area contributed by atoms with Crippen molar-refractivity contribution in [2.45, 2.75) is 25.4 Å². The lowest BCUT2D eigenvalue weighted by molar-refractivity contribution is -0.120. The highest BCUT2D eigenvalue weighted by atomic mass is 32.2. The van der Waals surface area contributed by atoms with Gasteiger partial charge in [-0.15, -0.1) is 11.3 Å². The van der Waals surface area contributed by atoms with Gasteiger partial charge in [-0.1, -0.05) is 0 Å². The van der Waals surface area contributed by atoms with Gasteiger partial charge in [0, 0.05) is 18.9 Å². The number of ether oxygens (including phenoxy) is 1. The first kappa shape index (κ1) is 23.3. The number of anilines is 1. The monoisotopic (exact) mass is 490 g/mol. The van der Waals surface area contributed by atoms with E-state index in [9.17, 15) is 17.6 Å². The predicted octanol–water partition coefficient (Wildman–Crippen LogP) is 3.48. The van der Waals surface area contributed by atoms with Gasteiger partial charge in [-0.25, -0.2) is 9.37 Å². The lowest BCUT2D eigenvalue weighted by atomic mass is 10.1. The molecular formula is C22H23FN4O4S2. The minimum absolute atomic E-state index is 0.192. The molecule has 0 unspecified atom stereocenters. The zero-order chi connectivity index (χ0) is 23.8. The maximum Gasteiger partial charge on any atom is 0.280 e. The summed E-state index contributed by atoms with van der Waals surface area (Å²) in [5.41, 5.74) is 1.71. The van der Waals surface area contributed by atoms with Crippen LogP contribution in [0.2, 0.25) is 0 Å². The number of nitrogens with zero attached hydrogens (tertiary/aromatic N) is 2. The second-order valence-corrected chi connectivity index (χ2v) is 10.5. The smallest absolute Gasteiger partial charge is 0.280 e. The Balaban J connectivity index is 1.55. The zero-order valence-corrected chi connectivity index (χ0v) is 19.8. The van der Waals surface area contributed by atoms with Gasteiger partial charge >= 0.3 is 0 Å². The van der Waals surface area contributed by atoms with Crippen molar-refractivity contribution in [2.75, 3.05) is 19.5 Å². The van der Waals surface area contributed by atoms with Crippen molar-refractivity contribution in [2.24, 2.45) is 0 Å². The number of carbonyl (C=O) groups excluding carboxylic acids is 1. The number of rotatable bonds is 5. The highest BCUT2D eigenvalue weighted by molar-refractivity contribution is 7.87. The maximum atomic E-state index is 13.5.